The van der Waals surface area contributed by atoms with Gasteiger partial charge in [0.2, 0.25) is 0 Å². The monoisotopic (exact) mass is 292 g/mol. The van der Waals surface area contributed by atoms with Crippen molar-refractivity contribution in [2.45, 2.75) is 32.2 Å². The van der Waals surface area contributed by atoms with E-state index in [4.69, 9.17) is 4.74 Å². The van der Waals surface area contributed by atoms with E-state index in [-0.39, 0.29) is 11.3 Å². The lowest BCUT2D eigenvalue weighted by atomic mass is 10.1. The predicted molar refractivity (Wildman–Crippen MR) is 76.1 cm³/mol. The van der Waals surface area contributed by atoms with Crippen molar-refractivity contribution in [1.82, 2.24) is 9.55 Å². The molecule has 112 valence electrons. The molecule has 0 amide bonds. The molecule has 1 aliphatic rings. The van der Waals surface area contributed by atoms with Crippen molar-refractivity contribution in [2.24, 2.45) is 5.92 Å². The Labute approximate surface area is 122 Å². The van der Waals surface area contributed by atoms with E-state index in [2.05, 4.69) is 4.98 Å². The highest BCUT2D eigenvalue weighted by atomic mass is 19.1. The zero-order chi connectivity index (χ0) is 14.8. The number of ether oxygens (including phenoxy) is 1. The Kier molecular flexibility index (Phi) is 3.90. The zero-order valence-corrected chi connectivity index (χ0v) is 12.0. The molecular weight excluding hydrogens is 274 g/mol. The van der Waals surface area contributed by atoms with E-state index in [1.165, 1.54) is 44.9 Å². The Morgan fingerprint density at radius 1 is 1.29 bits per heavy atom. The van der Waals surface area contributed by atoms with Crippen LogP contribution in [0.5, 0.6) is 5.75 Å². The summed E-state index contributed by atoms with van der Waals surface area (Å²) in [6, 6.07) is 2.63. The number of rotatable bonds is 4. The molecular formula is C16H18F2N2O. The number of hydrogen-bond acceptors (Lipinski definition) is 2. The van der Waals surface area contributed by atoms with Gasteiger partial charge in [-0.15, -0.1) is 0 Å². The van der Waals surface area contributed by atoms with E-state index < -0.39 is 11.6 Å². The first-order chi connectivity index (χ1) is 10.2. The Morgan fingerprint density at radius 2 is 2.05 bits per heavy atom. The first-order valence-corrected chi connectivity index (χ1v) is 7.24. The number of hydrogen-bond donors (Lipinski definition) is 0. The van der Waals surface area contributed by atoms with Crippen molar-refractivity contribution >= 4 is 0 Å². The number of nitrogens with zero attached hydrogens (tertiary/aromatic N) is 2. The van der Waals surface area contributed by atoms with Gasteiger partial charge in [-0.25, -0.2) is 13.8 Å². The molecule has 0 atom stereocenters. The van der Waals surface area contributed by atoms with Crippen molar-refractivity contribution in [1.29, 1.82) is 0 Å². The van der Waals surface area contributed by atoms with Gasteiger partial charge in [0.05, 0.1) is 12.7 Å². The van der Waals surface area contributed by atoms with Gasteiger partial charge in [0.25, 0.3) is 0 Å². The van der Waals surface area contributed by atoms with E-state index in [9.17, 15) is 8.78 Å². The van der Waals surface area contributed by atoms with Gasteiger partial charge in [0.1, 0.15) is 5.82 Å². The maximum absolute atomic E-state index is 14.4. The van der Waals surface area contributed by atoms with Crippen LogP contribution in [0.4, 0.5) is 8.78 Å². The summed E-state index contributed by atoms with van der Waals surface area (Å²) in [7, 11) is 1.26. The summed E-state index contributed by atoms with van der Waals surface area (Å²) in [4.78, 5) is 4.24. The van der Waals surface area contributed by atoms with Crippen LogP contribution in [0.2, 0.25) is 0 Å². The van der Waals surface area contributed by atoms with Crippen LogP contribution in [0, 0.1) is 17.6 Å². The SMILES string of the molecule is COc1c(F)ccc(-c2nccn2CC2CCCC2)c1F. The molecule has 1 aliphatic carbocycles. The predicted octanol–water partition coefficient (Wildman–Crippen LogP) is 4.03. The quantitative estimate of drug-likeness (QED) is 0.850. The summed E-state index contributed by atoms with van der Waals surface area (Å²) in [5.74, 6) is -0.618. The lowest BCUT2D eigenvalue weighted by Crippen LogP contribution is -2.09. The fourth-order valence-corrected chi connectivity index (χ4v) is 3.06. The maximum atomic E-state index is 14.4. The van der Waals surface area contributed by atoms with Gasteiger partial charge in [0, 0.05) is 18.9 Å². The van der Waals surface area contributed by atoms with Crippen LogP contribution in [0.1, 0.15) is 25.7 Å². The van der Waals surface area contributed by atoms with Gasteiger partial charge < -0.3 is 9.30 Å². The first-order valence-electron chi connectivity index (χ1n) is 7.24. The molecule has 0 N–H and O–H groups in total. The number of methoxy groups -OCH3 is 1. The highest BCUT2D eigenvalue weighted by Gasteiger charge is 2.21. The fourth-order valence-electron chi connectivity index (χ4n) is 3.06. The van der Waals surface area contributed by atoms with Crippen molar-refractivity contribution in [3.05, 3.63) is 36.2 Å². The normalized spacial score (nSPS) is 15.6. The second-order valence-corrected chi connectivity index (χ2v) is 5.50. The van der Waals surface area contributed by atoms with Crippen molar-refractivity contribution in [3.63, 3.8) is 0 Å². The summed E-state index contributed by atoms with van der Waals surface area (Å²) in [5.41, 5.74) is 0.274. The molecule has 21 heavy (non-hydrogen) atoms. The maximum Gasteiger partial charge on any atom is 0.191 e. The highest BCUT2D eigenvalue weighted by Crippen LogP contribution is 2.32. The van der Waals surface area contributed by atoms with E-state index >= 15 is 0 Å². The molecule has 1 fully saturated rings. The van der Waals surface area contributed by atoms with Gasteiger partial charge >= 0.3 is 0 Å². The van der Waals surface area contributed by atoms with Crippen molar-refractivity contribution in [3.8, 4) is 17.1 Å². The van der Waals surface area contributed by atoms with Crippen LogP contribution >= 0.6 is 0 Å². The molecule has 0 saturated heterocycles. The van der Waals surface area contributed by atoms with Gasteiger partial charge in [-0.3, -0.25) is 0 Å². The van der Waals surface area contributed by atoms with Gasteiger partial charge in [-0.05, 0) is 30.9 Å². The highest BCUT2D eigenvalue weighted by molar-refractivity contribution is 5.59. The number of benzene rings is 1. The molecule has 0 spiro atoms. The Hall–Kier alpha value is -1.91. The second kappa shape index (κ2) is 5.84. The minimum atomic E-state index is -0.701. The van der Waals surface area contributed by atoms with Crippen LogP contribution in [-0.4, -0.2) is 16.7 Å². The molecule has 1 heterocycles. The Morgan fingerprint density at radius 3 is 2.76 bits per heavy atom. The van der Waals surface area contributed by atoms with E-state index in [1.54, 1.807) is 6.20 Å². The van der Waals surface area contributed by atoms with Crippen molar-refractivity contribution in [2.75, 3.05) is 7.11 Å². The Bertz CT molecular complexity index is 633. The third-order valence-electron chi connectivity index (χ3n) is 4.14. The van der Waals surface area contributed by atoms with Gasteiger partial charge in [0.15, 0.2) is 17.4 Å². The number of halogens is 2. The minimum Gasteiger partial charge on any atom is -0.491 e. The van der Waals surface area contributed by atoms with E-state index in [1.807, 2.05) is 10.8 Å². The average molecular weight is 292 g/mol. The molecule has 0 unspecified atom stereocenters. The summed E-state index contributed by atoms with van der Waals surface area (Å²) in [6.45, 7) is 0.828. The molecule has 1 aromatic heterocycles. The van der Waals surface area contributed by atoms with Crippen LogP contribution in [0.3, 0.4) is 0 Å². The summed E-state index contributed by atoms with van der Waals surface area (Å²) >= 11 is 0. The molecule has 3 nitrogen and oxygen atoms in total. The lowest BCUT2D eigenvalue weighted by Gasteiger charge is -2.14. The van der Waals surface area contributed by atoms with Crippen LogP contribution in [0.25, 0.3) is 11.4 Å². The molecule has 1 aromatic carbocycles. The van der Waals surface area contributed by atoms with Crippen LogP contribution < -0.4 is 4.74 Å². The molecule has 3 rings (SSSR count). The van der Waals surface area contributed by atoms with Gasteiger partial charge in [-0.1, -0.05) is 12.8 Å². The molecule has 1 saturated carbocycles. The fraction of sp³-hybridized carbons (Fsp3) is 0.438. The largest absolute Gasteiger partial charge is 0.491 e. The number of imidazole rings is 1. The van der Waals surface area contributed by atoms with Crippen molar-refractivity contribution < 1.29 is 13.5 Å². The Balaban J connectivity index is 1.96. The average Bonchev–Trinajstić information content (AvgIpc) is 3.12. The van der Waals surface area contributed by atoms with E-state index in [0.29, 0.717) is 11.7 Å². The van der Waals surface area contributed by atoms with Crippen LogP contribution in [0.15, 0.2) is 24.5 Å². The minimum absolute atomic E-state index is 0.274. The molecule has 0 aliphatic heterocycles. The topological polar surface area (TPSA) is 27.1 Å². The second-order valence-electron chi connectivity index (χ2n) is 5.50. The van der Waals surface area contributed by atoms with E-state index in [0.717, 1.165) is 6.54 Å². The smallest absolute Gasteiger partial charge is 0.191 e. The third kappa shape index (κ3) is 2.64. The molecule has 2 aromatic rings. The first kappa shape index (κ1) is 14.0. The standard InChI is InChI=1S/C16H18F2N2O/c1-21-15-13(17)7-6-12(14(15)18)16-19-8-9-20(16)10-11-4-2-3-5-11/h6-9,11H,2-5,10H2,1H3. The van der Waals surface area contributed by atoms with Gasteiger partial charge in [-0.2, -0.15) is 0 Å². The zero-order valence-electron chi connectivity index (χ0n) is 12.0. The molecule has 0 radical (unpaired) electrons. The molecule has 0 bridgehead atoms. The third-order valence-corrected chi connectivity index (χ3v) is 4.14. The summed E-state index contributed by atoms with van der Waals surface area (Å²) < 4.78 is 34.6. The summed E-state index contributed by atoms with van der Waals surface area (Å²) in [6.07, 6.45) is 8.42. The number of aromatic nitrogens is 2. The van der Waals surface area contributed by atoms with Crippen LogP contribution in [-0.2, 0) is 6.54 Å². The molecule has 5 heteroatoms. The lowest BCUT2D eigenvalue weighted by molar-refractivity contribution is 0.360. The summed E-state index contributed by atoms with van der Waals surface area (Å²) in [5, 5.41) is 0.